The first-order chi connectivity index (χ1) is 12.2. The maximum Gasteiger partial charge on any atom is 0.226 e. The zero-order valence-electron chi connectivity index (χ0n) is 16.0. The van der Waals surface area contributed by atoms with E-state index in [2.05, 4.69) is 5.32 Å². The van der Waals surface area contributed by atoms with Gasteiger partial charge in [-0.2, -0.15) is 0 Å². The fourth-order valence-corrected chi connectivity index (χ4v) is 2.96. The van der Waals surface area contributed by atoms with Crippen molar-refractivity contribution in [3.05, 3.63) is 23.8 Å². The number of ether oxygens (including phenoxy) is 1. The molecule has 1 heterocycles. The molecule has 1 aromatic carbocycles. The minimum absolute atomic E-state index is 0.0118. The van der Waals surface area contributed by atoms with Crippen LogP contribution in [0, 0.1) is 5.92 Å². The summed E-state index contributed by atoms with van der Waals surface area (Å²) in [5.74, 6) is 0.434. The van der Waals surface area contributed by atoms with Crippen LogP contribution in [0.5, 0.6) is 5.75 Å². The second-order valence-electron chi connectivity index (χ2n) is 6.99. The summed E-state index contributed by atoms with van der Waals surface area (Å²) in [6.45, 7) is 5.95. The molecule has 1 aliphatic heterocycles. The summed E-state index contributed by atoms with van der Waals surface area (Å²) in [5, 5.41) is 2.73. The number of rotatable bonds is 3. The van der Waals surface area contributed by atoms with Crippen LogP contribution < -0.4 is 10.1 Å². The van der Waals surface area contributed by atoms with E-state index in [-0.39, 0.29) is 36.2 Å². The van der Waals surface area contributed by atoms with E-state index in [1.807, 2.05) is 6.92 Å². The van der Waals surface area contributed by atoms with Crippen LogP contribution in [0.15, 0.2) is 18.2 Å². The van der Waals surface area contributed by atoms with Crippen LogP contribution in [-0.4, -0.2) is 60.8 Å². The number of carbonyl (C=O) groups excluding carboxylic acids is 3. The van der Waals surface area contributed by atoms with Crippen LogP contribution in [0.25, 0.3) is 0 Å². The monoisotopic (exact) mass is 361 g/mol. The van der Waals surface area contributed by atoms with Crippen molar-refractivity contribution in [3.8, 4) is 5.75 Å². The Morgan fingerprint density at radius 3 is 2.65 bits per heavy atom. The molecule has 0 spiro atoms. The molecule has 142 valence electrons. The Hall–Kier alpha value is -2.57. The molecular weight excluding hydrogens is 334 g/mol. The van der Waals surface area contributed by atoms with Crippen molar-refractivity contribution in [2.24, 2.45) is 5.92 Å². The van der Waals surface area contributed by atoms with E-state index in [1.165, 1.54) is 13.8 Å². The van der Waals surface area contributed by atoms with Gasteiger partial charge >= 0.3 is 0 Å². The van der Waals surface area contributed by atoms with Crippen LogP contribution in [0.3, 0.4) is 0 Å². The molecule has 1 aliphatic rings. The zero-order chi connectivity index (χ0) is 19.4. The first-order valence-electron chi connectivity index (χ1n) is 8.70. The normalized spacial score (nSPS) is 20.2. The second kappa shape index (κ2) is 8.21. The highest BCUT2D eigenvalue weighted by molar-refractivity contribution is 5.89. The molecule has 1 aromatic rings. The van der Waals surface area contributed by atoms with Gasteiger partial charge in [-0.05, 0) is 18.2 Å². The van der Waals surface area contributed by atoms with Crippen molar-refractivity contribution in [2.75, 3.05) is 32.5 Å². The minimum Gasteiger partial charge on any atom is -0.488 e. The highest BCUT2D eigenvalue weighted by Crippen LogP contribution is 2.28. The Morgan fingerprint density at radius 2 is 2.04 bits per heavy atom. The predicted molar refractivity (Wildman–Crippen MR) is 99.0 cm³/mol. The molecular formula is C19H27N3O4. The minimum atomic E-state index is -0.248. The number of fused-ring (bicyclic) bond motifs is 1. The van der Waals surface area contributed by atoms with Crippen LogP contribution in [0.4, 0.5) is 5.69 Å². The summed E-state index contributed by atoms with van der Waals surface area (Å²) in [4.78, 5) is 38.7. The quantitative estimate of drug-likeness (QED) is 0.885. The van der Waals surface area contributed by atoms with Gasteiger partial charge in [0, 0.05) is 51.7 Å². The topological polar surface area (TPSA) is 79.0 Å². The average Bonchev–Trinajstić information content (AvgIpc) is 2.58. The lowest BCUT2D eigenvalue weighted by atomic mass is 10.0. The summed E-state index contributed by atoms with van der Waals surface area (Å²) in [7, 11) is 3.51. The molecule has 7 heteroatoms. The Balaban J connectivity index is 2.37. The Kier molecular flexibility index (Phi) is 6.23. The van der Waals surface area contributed by atoms with E-state index in [0.29, 0.717) is 24.5 Å². The van der Waals surface area contributed by atoms with Gasteiger partial charge in [-0.25, -0.2) is 0 Å². The molecule has 0 saturated heterocycles. The molecule has 0 unspecified atom stereocenters. The summed E-state index contributed by atoms with van der Waals surface area (Å²) < 4.78 is 6.22. The third-order valence-corrected chi connectivity index (χ3v) is 4.61. The van der Waals surface area contributed by atoms with Gasteiger partial charge in [-0.1, -0.05) is 6.92 Å². The number of likely N-dealkylation sites (N-methyl/N-ethyl adjacent to an activating group) is 2. The van der Waals surface area contributed by atoms with Gasteiger partial charge < -0.3 is 19.9 Å². The van der Waals surface area contributed by atoms with E-state index in [4.69, 9.17) is 4.74 Å². The van der Waals surface area contributed by atoms with Gasteiger partial charge in [0.05, 0.1) is 13.0 Å². The Morgan fingerprint density at radius 1 is 1.35 bits per heavy atom. The van der Waals surface area contributed by atoms with E-state index in [0.717, 1.165) is 5.56 Å². The molecule has 0 fully saturated rings. The van der Waals surface area contributed by atoms with E-state index >= 15 is 0 Å². The van der Waals surface area contributed by atoms with E-state index in [1.54, 1.807) is 42.1 Å². The highest BCUT2D eigenvalue weighted by atomic mass is 16.5. The van der Waals surface area contributed by atoms with Crippen molar-refractivity contribution >= 4 is 23.4 Å². The first-order valence-corrected chi connectivity index (χ1v) is 8.70. The number of amides is 3. The smallest absolute Gasteiger partial charge is 0.226 e. The highest BCUT2D eigenvalue weighted by Gasteiger charge is 2.28. The number of benzene rings is 1. The fourth-order valence-electron chi connectivity index (χ4n) is 2.96. The van der Waals surface area contributed by atoms with Crippen LogP contribution in [-0.2, 0) is 20.8 Å². The first kappa shape index (κ1) is 19.8. The van der Waals surface area contributed by atoms with Gasteiger partial charge in [-0.15, -0.1) is 0 Å². The van der Waals surface area contributed by atoms with Crippen molar-refractivity contribution in [1.82, 2.24) is 9.80 Å². The molecule has 0 bridgehead atoms. The maximum absolute atomic E-state index is 12.5. The number of nitrogens with one attached hydrogen (secondary N) is 1. The van der Waals surface area contributed by atoms with E-state index < -0.39 is 0 Å². The van der Waals surface area contributed by atoms with Crippen molar-refractivity contribution in [2.45, 2.75) is 33.3 Å². The third-order valence-electron chi connectivity index (χ3n) is 4.61. The maximum atomic E-state index is 12.5. The predicted octanol–water partition coefficient (Wildman–Crippen LogP) is 1.52. The van der Waals surface area contributed by atoms with Crippen molar-refractivity contribution in [1.29, 1.82) is 0 Å². The van der Waals surface area contributed by atoms with Gasteiger partial charge in [0.2, 0.25) is 17.7 Å². The number of hydrogen-bond donors (Lipinski definition) is 1. The summed E-state index contributed by atoms with van der Waals surface area (Å²) in [5.41, 5.74) is 1.35. The lowest BCUT2D eigenvalue weighted by molar-refractivity contribution is -0.131. The molecule has 2 rings (SSSR count). The number of nitrogens with zero attached hydrogens (tertiary/aromatic N) is 2. The van der Waals surface area contributed by atoms with Gasteiger partial charge in [-0.3, -0.25) is 14.4 Å². The molecule has 0 aliphatic carbocycles. The molecule has 3 amide bonds. The molecule has 1 N–H and O–H groups in total. The summed E-state index contributed by atoms with van der Waals surface area (Å²) >= 11 is 0. The number of hydrogen-bond acceptors (Lipinski definition) is 4. The molecule has 7 nitrogen and oxygen atoms in total. The molecule has 2 atom stereocenters. The largest absolute Gasteiger partial charge is 0.488 e. The molecule has 26 heavy (non-hydrogen) atoms. The third kappa shape index (κ3) is 4.97. The SMILES string of the molecule is CC(=O)Nc1ccc2c(c1)CC(=O)N(C)C[C@H](C)[C@@H](CN(C)C(C)=O)O2. The summed E-state index contributed by atoms with van der Waals surface area (Å²) in [6.07, 6.45) is -0.0519. The standard InChI is InChI=1S/C19H27N3O4/c1-12-10-22(5)19(25)9-15-8-16(20-13(2)23)6-7-17(15)26-18(12)11-21(4)14(3)24/h6-8,12,18H,9-11H2,1-5H3,(H,20,23)/t12-,18+/m0/s1. The molecule has 0 saturated carbocycles. The molecule has 0 radical (unpaired) electrons. The Labute approximate surface area is 154 Å². The number of anilines is 1. The van der Waals surface area contributed by atoms with Crippen molar-refractivity contribution < 1.29 is 19.1 Å². The fraction of sp³-hybridized carbons (Fsp3) is 0.526. The second-order valence-corrected chi connectivity index (χ2v) is 6.99. The lowest BCUT2D eigenvalue weighted by Gasteiger charge is -2.30. The van der Waals surface area contributed by atoms with Gasteiger partial charge in [0.25, 0.3) is 0 Å². The Bertz CT molecular complexity index is 704. The number of carbonyl (C=O) groups is 3. The zero-order valence-corrected chi connectivity index (χ0v) is 16.0. The van der Waals surface area contributed by atoms with Crippen LogP contribution in [0.1, 0.15) is 26.3 Å². The van der Waals surface area contributed by atoms with Crippen LogP contribution in [0.2, 0.25) is 0 Å². The molecule has 0 aromatic heterocycles. The summed E-state index contributed by atoms with van der Waals surface area (Å²) in [6, 6.07) is 5.29. The average molecular weight is 361 g/mol. The van der Waals surface area contributed by atoms with Crippen molar-refractivity contribution in [3.63, 3.8) is 0 Å². The van der Waals surface area contributed by atoms with E-state index in [9.17, 15) is 14.4 Å². The van der Waals surface area contributed by atoms with Gasteiger partial charge in [0.15, 0.2) is 0 Å². The van der Waals surface area contributed by atoms with Gasteiger partial charge in [0.1, 0.15) is 11.9 Å². The van der Waals surface area contributed by atoms with Crippen LogP contribution >= 0.6 is 0 Å². The lowest BCUT2D eigenvalue weighted by Crippen LogP contribution is -2.43.